The number of para-hydroxylation sites is 1. The molecule has 1 saturated heterocycles. The molecule has 0 bridgehead atoms. The van der Waals surface area contributed by atoms with Crippen LogP contribution in [-0.4, -0.2) is 19.3 Å². The fourth-order valence-corrected chi connectivity index (χ4v) is 1.74. The highest BCUT2D eigenvalue weighted by molar-refractivity contribution is 5.33. The summed E-state index contributed by atoms with van der Waals surface area (Å²) in [6.45, 7) is 8.38. The van der Waals surface area contributed by atoms with Crippen LogP contribution in [0.25, 0.3) is 0 Å². The summed E-state index contributed by atoms with van der Waals surface area (Å²) in [5.74, 6) is 2.40. The van der Waals surface area contributed by atoms with Crippen LogP contribution in [0, 0.1) is 11.8 Å². The standard InChI is InChI=1S/C15H22O2/c1-11(2)12(3)8-13-6-4-5-7-15(13)17-10-14-9-16-14/h4-7,11-12,14H,8-10H2,1-3H3. The lowest BCUT2D eigenvalue weighted by Gasteiger charge is -2.17. The van der Waals surface area contributed by atoms with Crippen molar-refractivity contribution in [1.82, 2.24) is 0 Å². The molecule has 1 aliphatic heterocycles. The molecule has 1 aromatic carbocycles. The fraction of sp³-hybridized carbons (Fsp3) is 0.600. The van der Waals surface area contributed by atoms with Crippen LogP contribution >= 0.6 is 0 Å². The maximum atomic E-state index is 5.82. The molecule has 0 saturated carbocycles. The molecule has 17 heavy (non-hydrogen) atoms. The number of epoxide rings is 1. The van der Waals surface area contributed by atoms with Gasteiger partial charge in [-0.05, 0) is 29.9 Å². The lowest BCUT2D eigenvalue weighted by atomic mass is 9.91. The highest BCUT2D eigenvalue weighted by atomic mass is 16.6. The van der Waals surface area contributed by atoms with Crippen molar-refractivity contribution in [3.05, 3.63) is 29.8 Å². The summed E-state index contributed by atoms with van der Waals surface area (Å²) in [6.07, 6.45) is 1.41. The Morgan fingerprint density at radius 3 is 2.65 bits per heavy atom. The van der Waals surface area contributed by atoms with Gasteiger partial charge in [0.1, 0.15) is 18.5 Å². The molecule has 0 aliphatic carbocycles. The van der Waals surface area contributed by atoms with E-state index >= 15 is 0 Å². The highest BCUT2D eigenvalue weighted by Crippen LogP contribution is 2.25. The van der Waals surface area contributed by atoms with Crippen molar-refractivity contribution in [2.24, 2.45) is 11.8 Å². The first-order chi connectivity index (χ1) is 8.16. The first-order valence-electron chi connectivity index (χ1n) is 6.49. The molecule has 2 rings (SSSR count). The van der Waals surface area contributed by atoms with Gasteiger partial charge in [0.15, 0.2) is 0 Å². The van der Waals surface area contributed by atoms with Crippen molar-refractivity contribution in [3.63, 3.8) is 0 Å². The van der Waals surface area contributed by atoms with E-state index in [1.165, 1.54) is 5.56 Å². The van der Waals surface area contributed by atoms with E-state index in [2.05, 4.69) is 39.0 Å². The van der Waals surface area contributed by atoms with E-state index in [1.807, 2.05) is 6.07 Å². The average Bonchev–Trinajstić information content (AvgIpc) is 3.11. The van der Waals surface area contributed by atoms with Gasteiger partial charge in [-0.15, -0.1) is 0 Å². The van der Waals surface area contributed by atoms with E-state index in [9.17, 15) is 0 Å². The quantitative estimate of drug-likeness (QED) is 0.704. The number of hydrogen-bond acceptors (Lipinski definition) is 2. The van der Waals surface area contributed by atoms with Crippen LogP contribution in [0.4, 0.5) is 0 Å². The predicted molar refractivity (Wildman–Crippen MR) is 69.4 cm³/mol. The van der Waals surface area contributed by atoms with Crippen LogP contribution in [-0.2, 0) is 11.2 Å². The molecule has 1 fully saturated rings. The minimum absolute atomic E-state index is 0.325. The zero-order chi connectivity index (χ0) is 12.3. The van der Waals surface area contributed by atoms with Gasteiger partial charge < -0.3 is 9.47 Å². The Morgan fingerprint density at radius 2 is 2.00 bits per heavy atom. The van der Waals surface area contributed by atoms with Crippen LogP contribution in [0.2, 0.25) is 0 Å². The molecule has 2 atom stereocenters. The average molecular weight is 234 g/mol. The summed E-state index contributed by atoms with van der Waals surface area (Å²) in [6, 6.07) is 8.35. The molecular formula is C15H22O2. The van der Waals surface area contributed by atoms with Crippen LogP contribution in [0.15, 0.2) is 24.3 Å². The summed E-state index contributed by atoms with van der Waals surface area (Å²) in [5, 5.41) is 0. The zero-order valence-electron chi connectivity index (χ0n) is 11.0. The van der Waals surface area contributed by atoms with Gasteiger partial charge in [0.25, 0.3) is 0 Å². The first kappa shape index (κ1) is 12.4. The Kier molecular flexibility index (Phi) is 4.06. The third-order valence-electron chi connectivity index (χ3n) is 3.48. The summed E-state index contributed by atoms with van der Waals surface area (Å²) < 4.78 is 11.0. The smallest absolute Gasteiger partial charge is 0.122 e. The summed E-state index contributed by atoms with van der Waals surface area (Å²) in [7, 11) is 0. The molecule has 2 nitrogen and oxygen atoms in total. The van der Waals surface area contributed by atoms with Crippen molar-refractivity contribution >= 4 is 0 Å². The zero-order valence-corrected chi connectivity index (χ0v) is 11.0. The molecule has 2 heteroatoms. The SMILES string of the molecule is CC(C)C(C)Cc1ccccc1OCC1CO1. The van der Waals surface area contributed by atoms with Gasteiger partial charge in [-0.25, -0.2) is 0 Å². The second-order valence-electron chi connectivity index (χ2n) is 5.30. The molecule has 1 aromatic rings. The van der Waals surface area contributed by atoms with Crippen molar-refractivity contribution in [2.45, 2.75) is 33.3 Å². The van der Waals surface area contributed by atoms with Crippen LogP contribution in [0.5, 0.6) is 5.75 Å². The Labute approximate surface area is 104 Å². The molecule has 0 spiro atoms. The fourth-order valence-electron chi connectivity index (χ4n) is 1.74. The van der Waals surface area contributed by atoms with Gasteiger partial charge >= 0.3 is 0 Å². The highest BCUT2D eigenvalue weighted by Gasteiger charge is 2.23. The molecule has 1 heterocycles. The Hall–Kier alpha value is -1.02. The second-order valence-corrected chi connectivity index (χ2v) is 5.30. The number of hydrogen-bond donors (Lipinski definition) is 0. The van der Waals surface area contributed by atoms with E-state index in [4.69, 9.17) is 9.47 Å². The summed E-state index contributed by atoms with van der Waals surface area (Å²) in [4.78, 5) is 0. The largest absolute Gasteiger partial charge is 0.491 e. The minimum Gasteiger partial charge on any atom is -0.491 e. The molecule has 2 unspecified atom stereocenters. The molecule has 0 radical (unpaired) electrons. The summed E-state index contributed by atoms with van der Waals surface area (Å²) >= 11 is 0. The van der Waals surface area contributed by atoms with Gasteiger partial charge in [-0.2, -0.15) is 0 Å². The lowest BCUT2D eigenvalue weighted by molar-refractivity contribution is 0.259. The first-order valence-corrected chi connectivity index (χ1v) is 6.49. The maximum absolute atomic E-state index is 5.82. The van der Waals surface area contributed by atoms with Gasteiger partial charge in [0.05, 0.1) is 6.61 Å². The number of ether oxygens (including phenoxy) is 2. The van der Waals surface area contributed by atoms with Crippen molar-refractivity contribution in [1.29, 1.82) is 0 Å². The third-order valence-corrected chi connectivity index (χ3v) is 3.48. The third kappa shape index (κ3) is 3.74. The van der Waals surface area contributed by atoms with Crippen LogP contribution < -0.4 is 4.74 Å². The predicted octanol–water partition coefficient (Wildman–Crippen LogP) is 3.30. The minimum atomic E-state index is 0.325. The summed E-state index contributed by atoms with van der Waals surface area (Å²) in [5.41, 5.74) is 1.31. The Bertz CT molecular complexity index is 356. The van der Waals surface area contributed by atoms with Gasteiger partial charge in [-0.1, -0.05) is 39.0 Å². The molecule has 0 aromatic heterocycles. The van der Waals surface area contributed by atoms with Crippen LogP contribution in [0.3, 0.4) is 0 Å². The number of benzene rings is 1. The van der Waals surface area contributed by atoms with Crippen molar-refractivity contribution in [2.75, 3.05) is 13.2 Å². The normalized spacial score (nSPS) is 20.4. The van der Waals surface area contributed by atoms with E-state index in [1.54, 1.807) is 0 Å². The number of rotatable bonds is 6. The Balaban J connectivity index is 1.98. The molecule has 0 amide bonds. The maximum Gasteiger partial charge on any atom is 0.122 e. The molecule has 94 valence electrons. The molecule has 1 aliphatic rings. The van der Waals surface area contributed by atoms with Gasteiger partial charge in [0.2, 0.25) is 0 Å². The van der Waals surface area contributed by atoms with Crippen LogP contribution in [0.1, 0.15) is 26.3 Å². The monoisotopic (exact) mass is 234 g/mol. The van der Waals surface area contributed by atoms with E-state index in [-0.39, 0.29) is 0 Å². The van der Waals surface area contributed by atoms with Gasteiger partial charge in [0, 0.05) is 0 Å². The molecular weight excluding hydrogens is 212 g/mol. The van der Waals surface area contributed by atoms with Crippen molar-refractivity contribution < 1.29 is 9.47 Å². The second kappa shape index (κ2) is 5.54. The topological polar surface area (TPSA) is 21.8 Å². The Morgan fingerprint density at radius 1 is 1.29 bits per heavy atom. The van der Waals surface area contributed by atoms with Gasteiger partial charge in [-0.3, -0.25) is 0 Å². The van der Waals surface area contributed by atoms with Crippen molar-refractivity contribution in [3.8, 4) is 5.75 Å². The van der Waals surface area contributed by atoms with E-state index < -0.39 is 0 Å². The molecule has 0 N–H and O–H groups in total. The van der Waals surface area contributed by atoms with E-state index in [0.29, 0.717) is 24.5 Å². The van der Waals surface area contributed by atoms with E-state index in [0.717, 1.165) is 18.8 Å². The lowest BCUT2D eigenvalue weighted by Crippen LogP contribution is -2.10.